The van der Waals surface area contributed by atoms with Crippen LogP contribution < -0.4 is 5.32 Å². The molecule has 0 aromatic heterocycles. The predicted molar refractivity (Wildman–Crippen MR) is 68.7 cm³/mol. The molecule has 0 unspecified atom stereocenters. The molecule has 84 valence electrons. The molecule has 1 heterocycles. The maximum absolute atomic E-state index is 11.5. The van der Waals surface area contributed by atoms with Crippen LogP contribution in [-0.2, 0) is 16.0 Å². The molecule has 0 saturated carbocycles. The number of piperidine rings is 1. The van der Waals surface area contributed by atoms with Crippen molar-refractivity contribution < 1.29 is 9.59 Å². The first kappa shape index (κ1) is 11.6. The van der Waals surface area contributed by atoms with E-state index in [4.69, 9.17) is 0 Å². The van der Waals surface area contributed by atoms with E-state index in [1.54, 1.807) is 0 Å². The van der Waals surface area contributed by atoms with Crippen molar-refractivity contribution in [2.75, 3.05) is 0 Å². The van der Waals surface area contributed by atoms with Gasteiger partial charge in [-0.1, -0.05) is 12.1 Å². The number of carbonyl (C=O) groups excluding carboxylic acids is 2. The fourth-order valence-corrected chi connectivity index (χ4v) is 2.20. The van der Waals surface area contributed by atoms with Crippen LogP contribution in [0.3, 0.4) is 0 Å². The third kappa shape index (κ3) is 2.81. The van der Waals surface area contributed by atoms with Crippen LogP contribution in [0.2, 0.25) is 0 Å². The van der Waals surface area contributed by atoms with Crippen LogP contribution in [0.5, 0.6) is 0 Å². The van der Waals surface area contributed by atoms with Crippen molar-refractivity contribution in [1.29, 1.82) is 0 Å². The largest absolute Gasteiger partial charge is 0.296 e. The van der Waals surface area contributed by atoms with Crippen LogP contribution in [-0.4, -0.2) is 11.8 Å². The fraction of sp³-hybridized carbons (Fsp3) is 0.333. The number of nitrogens with one attached hydrogen (secondary N) is 1. The average Bonchev–Trinajstić information content (AvgIpc) is 2.25. The van der Waals surface area contributed by atoms with Crippen molar-refractivity contribution in [3.05, 3.63) is 33.4 Å². The highest BCUT2D eigenvalue weighted by atomic mass is 127. The molecule has 1 aromatic carbocycles. The van der Waals surface area contributed by atoms with Crippen molar-refractivity contribution in [3.63, 3.8) is 0 Å². The van der Waals surface area contributed by atoms with Crippen molar-refractivity contribution in [3.8, 4) is 0 Å². The smallest absolute Gasteiger partial charge is 0.230 e. The van der Waals surface area contributed by atoms with Gasteiger partial charge in [0.25, 0.3) is 0 Å². The SMILES string of the molecule is O=C1CC[C@H](Cc2ccc(I)cc2)C(=O)N1. The van der Waals surface area contributed by atoms with E-state index in [-0.39, 0.29) is 17.7 Å². The highest BCUT2D eigenvalue weighted by Crippen LogP contribution is 2.18. The first-order chi connectivity index (χ1) is 7.65. The van der Waals surface area contributed by atoms with Crippen molar-refractivity contribution in [1.82, 2.24) is 5.32 Å². The second-order valence-corrected chi connectivity index (χ2v) is 5.22. The number of carbonyl (C=O) groups is 2. The molecule has 2 rings (SSSR count). The number of imide groups is 1. The van der Waals surface area contributed by atoms with Gasteiger partial charge in [-0.2, -0.15) is 0 Å². The predicted octanol–water partition coefficient (Wildman–Crippen LogP) is 1.89. The Balaban J connectivity index is 2.02. The molecule has 1 aromatic rings. The van der Waals surface area contributed by atoms with Gasteiger partial charge >= 0.3 is 0 Å². The molecule has 1 saturated heterocycles. The standard InChI is InChI=1S/C12H12INO2/c13-10-4-1-8(2-5-10)7-9-3-6-11(15)14-12(9)16/h1-2,4-5,9H,3,6-7H2,(H,14,15,16)/t9-/m1/s1. The number of benzene rings is 1. The van der Waals surface area contributed by atoms with E-state index >= 15 is 0 Å². The second kappa shape index (κ2) is 4.95. The summed E-state index contributed by atoms with van der Waals surface area (Å²) in [4.78, 5) is 22.5. The zero-order valence-corrected chi connectivity index (χ0v) is 10.9. The van der Waals surface area contributed by atoms with Gasteiger partial charge in [-0.25, -0.2) is 0 Å². The van der Waals surface area contributed by atoms with Crippen LogP contribution in [0.25, 0.3) is 0 Å². The average molecular weight is 329 g/mol. The lowest BCUT2D eigenvalue weighted by Gasteiger charge is -2.20. The maximum atomic E-state index is 11.5. The number of halogens is 1. The monoisotopic (exact) mass is 329 g/mol. The van der Waals surface area contributed by atoms with E-state index in [9.17, 15) is 9.59 Å². The summed E-state index contributed by atoms with van der Waals surface area (Å²) in [5, 5.41) is 2.38. The summed E-state index contributed by atoms with van der Waals surface area (Å²) in [5.74, 6) is -0.337. The van der Waals surface area contributed by atoms with Crippen molar-refractivity contribution in [2.24, 2.45) is 5.92 Å². The fourth-order valence-electron chi connectivity index (χ4n) is 1.84. The van der Waals surface area contributed by atoms with Crippen molar-refractivity contribution in [2.45, 2.75) is 19.3 Å². The molecule has 3 nitrogen and oxygen atoms in total. The molecule has 1 fully saturated rings. The first-order valence-electron chi connectivity index (χ1n) is 5.23. The zero-order valence-electron chi connectivity index (χ0n) is 8.70. The normalized spacial score (nSPS) is 20.7. The van der Waals surface area contributed by atoms with Gasteiger partial charge < -0.3 is 0 Å². The lowest BCUT2D eigenvalue weighted by Crippen LogP contribution is -2.41. The van der Waals surface area contributed by atoms with E-state index in [1.165, 1.54) is 3.57 Å². The Hall–Kier alpha value is -0.910. The van der Waals surface area contributed by atoms with Gasteiger partial charge in [0.05, 0.1) is 0 Å². The van der Waals surface area contributed by atoms with Gasteiger partial charge in [0, 0.05) is 15.9 Å². The van der Waals surface area contributed by atoms with Crippen LogP contribution in [0.4, 0.5) is 0 Å². The maximum Gasteiger partial charge on any atom is 0.230 e. The Labute approximate surface area is 108 Å². The van der Waals surface area contributed by atoms with Crippen molar-refractivity contribution >= 4 is 34.4 Å². The topological polar surface area (TPSA) is 46.2 Å². The Morgan fingerprint density at radius 2 is 1.94 bits per heavy atom. The van der Waals surface area contributed by atoms with E-state index < -0.39 is 0 Å². The molecular formula is C12H12INO2. The quantitative estimate of drug-likeness (QED) is 0.665. The second-order valence-electron chi connectivity index (χ2n) is 3.98. The Morgan fingerprint density at radius 1 is 1.25 bits per heavy atom. The van der Waals surface area contributed by atoms with Gasteiger partial charge in [-0.05, 0) is 53.1 Å². The van der Waals surface area contributed by atoms with Gasteiger partial charge in [-0.15, -0.1) is 0 Å². The number of amides is 2. The van der Waals surface area contributed by atoms with Gasteiger partial charge in [0.2, 0.25) is 11.8 Å². The number of hydrogen-bond acceptors (Lipinski definition) is 2. The molecule has 0 radical (unpaired) electrons. The Bertz CT molecular complexity index is 414. The number of hydrogen-bond donors (Lipinski definition) is 1. The molecule has 0 spiro atoms. The lowest BCUT2D eigenvalue weighted by atomic mass is 9.91. The molecule has 1 atom stereocenters. The summed E-state index contributed by atoms with van der Waals surface area (Å²) in [6.07, 6.45) is 1.84. The molecule has 2 amide bonds. The highest BCUT2D eigenvalue weighted by Gasteiger charge is 2.26. The third-order valence-corrected chi connectivity index (χ3v) is 3.47. The van der Waals surface area contributed by atoms with Gasteiger partial charge in [-0.3, -0.25) is 14.9 Å². The zero-order chi connectivity index (χ0) is 11.5. The van der Waals surface area contributed by atoms with Crippen LogP contribution in [0.15, 0.2) is 24.3 Å². The minimum absolute atomic E-state index is 0.0576. The Morgan fingerprint density at radius 3 is 2.56 bits per heavy atom. The summed E-state index contributed by atoms with van der Waals surface area (Å²) in [5.41, 5.74) is 1.15. The van der Waals surface area contributed by atoms with Gasteiger partial charge in [0.1, 0.15) is 0 Å². The summed E-state index contributed by atoms with van der Waals surface area (Å²) in [6, 6.07) is 8.13. The molecule has 16 heavy (non-hydrogen) atoms. The first-order valence-corrected chi connectivity index (χ1v) is 6.31. The Kier molecular flexibility index (Phi) is 3.58. The molecule has 1 N–H and O–H groups in total. The molecule has 0 bridgehead atoms. The highest BCUT2D eigenvalue weighted by molar-refractivity contribution is 14.1. The van der Waals surface area contributed by atoms with E-state index in [1.807, 2.05) is 24.3 Å². The molecule has 4 heteroatoms. The van der Waals surface area contributed by atoms with E-state index in [2.05, 4.69) is 27.9 Å². The number of rotatable bonds is 2. The lowest BCUT2D eigenvalue weighted by molar-refractivity contribution is -0.136. The van der Waals surface area contributed by atoms with Crippen LogP contribution in [0, 0.1) is 9.49 Å². The van der Waals surface area contributed by atoms with E-state index in [0.29, 0.717) is 12.8 Å². The summed E-state index contributed by atoms with van der Waals surface area (Å²) < 4.78 is 1.18. The molecule has 0 aliphatic carbocycles. The summed E-state index contributed by atoms with van der Waals surface area (Å²) in [6.45, 7) is 0. The van der Waals surface area contributed by atoms with Crippen LogP contribution >= 0.6 is 22.6 Å². The van der Waals surface area contributed by atoms with Crippen LogP contribution in [0.1, 0.15) is 18.4 Å². The minimum Gasteiger partial charge on any atom is -0.296 e. The van der Waals surface area contributed by atoms with Gasteiger partial charge in [0.15, 0.2) is 0 Å². The third-order valence-electron chi connectivity index (χ3n) is 2.75. The summed E-state index contributed by atoms with van der Waals surface area (Å²) in [7, 11) is 0. The van der Waals surface area contributed by atoms with E-state index in [0.717, 1.165) is 12.0 Å². The molecular weight excluding hydrogens is 317 g/mol. The minimum atomic E-state index is -0.149. The summed E-state index contributed by atoms with van der Waals surface area (Å²) >= 11 is 2.25. The molecule has 1 aliphatic heterocycles. The molecule has 1 aliphatic rings.